The van der Waals surface area contributed by atoms with Crippen molar-refractivity contribution in [2.45, 2.75) is 25.9 Å². The molecule has 0 saturated heterocycles. The Hall–Kier alpha value is -1.95. The van der Waals surface area contributed by atoms with Crippen molar-refractivity contribution in [3.05, 3.63) is 30.1 Å². The third-order valence-corrected chi connectivity index (χ3v) is 2.26. The lowest BCUT2D eigenvalue weighted by atomic mass is 10.1. The van der Waals surface area contributed by atoms with E-state index in [-0.39, 0.29) is 13.2 Å². The van der Waals surface area contributed by atoms with E-state index in [4.69, 9.17) is 5.11 Å². The largest absolute Gasteiger partial charge is 0.394 e. The molecule has 0 atom stereocenters. The van der Waals surface area contributed by atoms with Gasteiger partial charge in [0.05, 0.1) is 12.1 Å². The van der Waals surface area contributed by atoms with E-state index in [1.807, 2.05) is 0 Å². The molecular weight excluding hydrogens is 234 g/mol. The maximum Gasteiger partial charge on any atom is 0.309 e. The molecule has 98 valence electrons. The number of rotatable bonds is 4. The number of amides is 2. The van der Waals surface area contributed by atoms with E-state index < -0.39 is 17.4 Å². The summed E-state index contributed by atoms with van der Waals surface area (Å²) >= 11 is 0. The number of carbonyl (C=O) groups is 2. The number of hydrogen-bond acceptors (Lipinski definition) is 4. The van der Waals surface area contributed by atoms with Gasteiger partial charge in [-0.2, -0.15) is 0 Å². The molecule has 0 aliphatic heterocycles. The van der Waals surface area contributed by atoms with E-state index in [1.165, 1.54) is 0 Å². The normalized spacial score (nSPS) is 10.8. The molecule has 1 aromatic rings. The molecule has 0 bridgehead atoms. The molecule has 2 amide bonds. The van der Waals surface area contributed by atoms with Crippen LogP contribution in [-0.4, -0.2) is 34.1 Å². The zero-order valence-electron chi connectivity index (χ0n) is 10.4. The van der Waals surface area contributed by atoms with E-state index in [0.29, 0.717) is 0 Å². The summed E-state index contributed by atoms with van der Waals surface area (Å²) in [5, 5.41) is 13.9. The summed E-state index contributed by atoms with van der Waals surface area (Å²) in [5.74, 6) is -1.49. The minimum absolute atomic E-state index is 0.240. The van der Waals surface area contributed by atoms with Crippen molar-refractivity contribution in [1.82, 2.24) is 15.6 Å². The summed E-state index contributed by atoms with van der Waals surface area (Å²) in [6, 6.07) is 3.49. The highest BCUT2D eigenvalue weighted by Gasteiger charge is 2.23. The summed E-state index contributed by atoms with van der Waals surface area (Å²) in [6.45, 7) is 3.27. The Bertz CT molecular complexity index is 418. The molecule has 0 aliphatic carbocycles. The van der Waals surface area contributed by atoms with Crippen LogP contribution < -0.4 is 10.6 Å². The maximum absolute atomic E-state index is 11.5. The van der Waals surface area contributed by atoms with Gasteiger partial charge in [-0.15, -0.1) is 0 Å². The topological polar surface area (TPSA) is 91.3 Å². The molecule has 0 fully saturated rings. The van der Waals surface area contributed by atoms with Crippen molar-refractivity contribution in [2.75, 3.05) is 6.61 Å². The smallest absolute Gasteiger partial charge is 0.309 e. The van der Waals surface area contributed by atoms with Crippen LogP contribution in [0.4, 0.5) is 0 Å². The zero-order chi connectivity index (χ0) is 13.6. The first kappa shape index (κ1) is 14.1. The second kappa shape index (κ2) is 6.11. The average Bonchev–Trinajstić information content (AvgIpc) is 2.36. The molecule has 0 aliphatic rings. The number of aromatic nitrogens is 1. The van der Waals surface area contributed by atoms with Crippen LogP contribution in [0.1, 0.15) is 19.4 Å². The molecule has 1 heterocycles. The van der Waals surface area contributed by atoms with Crippen molar-refractivity contribution in [3.63, 3.8) is 0 Å². The van der Waals surface area contributed by atoms with Gasteiger partial charge >= 0.3 is 11.8 Å². The lowest BCUT2D eigenvalue weighted by molar-refractivity contribution is -0.140. The molecule has 0 unspecified atom stereocenters. The third kappa shape index (κ3) is 4.50. The fourth-order valence-electron chi connectivity index (χ4n) is 1.17. The van der Waals surface area contributed by atoms with Crippen LogP contribution in [0.25, 0.3) is 0 Å². The first-order valence-corrected chi connectivity index (χ1v) is 5.55. The number of aliphatic hydroxyl groups is 1. The number of nitrogens with one attached hydrogen (secondary N) is 2. The van der Waals surface area contributed by atoms with E-state index in [1.54, 1.807) is 38.4 Å². The molecule has 6 nitrogen and oxygen atoms in total. The monoisotopic (exact) mass is 251 g/mol. The predicted octanol–water partition coefficient (Wildman–Crippen LogP) is -0.415. The summed E-state index contributed by atoms with van der Waals surface area (Å²) < 4.78 is 0. The third-order valence-electron chi connectivity index (χ3n) is 2.26. The number of pyridine rings is 1. The van der Waals surface area contributed by atoms with Crippen LogP contribution in [-0.2, 0) is 16.1 Å². The lowest BCUT2D eigenvalue weighted by Crippen LogP contribution is -2.51. The number of aliphatic hydroxyl groups excluding tert-OH is 1. The standard InChI is InChI=1S/C12H17N3O3/c1-12(2,8-16)15-11(18)10(17)14-7-9-3-5-13-6-4-9/h3-6,16H,7-8H2,1-2H3,(H,14,17)(H,15,18). The Balaban J connectivity index is 2.44. The van der Waals surface area contributed by atoms with Crippen molar-refractivity contribution in [3.8, 4) is 0 Å². The van der Waals surface area contributed by atoms with Gasteiger partial charge in [-0.3, -0.25) is 14.6 Å². The number of nitrogens with zero attached hydrogens (tertiary/aromatic N) is 1. The maximum atomic E-state index is 11.5. The Morgan fingerprint density at radius 1 is 1.28 bits per heavy atom. The molecule has 0 spiro atoms. The van der Waals surface area contributed by atoms with Crippen LogP contribution in [0.5, 0.6) is 0 Å². The van der Waals surface area contributed by atoms with Gasteiger partial charge in [-0.05, 0) is 31.5 Å². The molecule has 6 heteroatoms. The quantitative estimate of drug-likeness (QED) is 0.634. The first-order chi connectivity index (χ1) is 8.44. The van der Waals surface area contributed by atoms with Gasteiger partial charge in [-0.25, -0.2) is 0 Å². The van der Waals surface area contributed by atoms with E-state index in [2.05, 4.69) is 15.6 Å². The molecule has 0 aromatic carbocycles. The Kier molecular flexibility index (Phi) is 4.79. The van der Waals surface area contributed by atoms with Gasteiger partial charge < -0.3 is 15.7 Å². The highest BCUT2D eigenvalue weighted by Crippen LogP contribution is 1.99. The summed E-state index contributed by atoms with van der Waals surface area (Å²) in [5.41, 5.74) is 0.0398. The highest BCUT2D eigenvalue weighted by atomic mass is 16.3. The zero-order valence-corrected chi connectivity index (χ0v) is 10.4. The molecule has 18 heavy (non-hydrogen) atoms. The SMILES string of the molecule is CC(C)(CO)NC(=O)C(=O)NCc1ccncc1. The Morgan fingerprint density at radius 2 is 1.89 bits per heavy atom. The summed E-state index contributed by atoms with van der Waals surface area (Å²) in [7, 11) is 0. The number of carbonyl (C=O) groups excluding carboxylic acids is 2. The average molecular weight is 251 g/mol. The van der Waals surface area contributed by atoms with Crippen LogP contribution in [0, 0.1) is 0 Å². The molecular formula is C12H17N3O3. The highest BCUT2D eigenvalue weighted by molar-refractivity contribution is 6.35. The Morgan fingerprint density at radius 3 is 2.44 bits per heavy atom. The lowest BCUT2D eigenvalue weighted by Gasteiger charge is -2.22. The second-order valence-corrected chi connectivity index (χ2v) is 4.53. The van der Waals surface area contributed by atoms with Crippen molar-refractivity contribution < 1.29 is 14.7 Å². The molecule has 1 rings (SSSR count). The fourth-order valence-corrected chi connectivity index (χ4v) is 1.17. The molecule has 0 saturated carbocycles. The van der Waals surface area contributed by atoms with Crippen molar-refractivity contribution >= 4 is 11.8 Å². The molecule has 0 radical (unpaired) electrons. The predicted molar refractivity (Wildman–Crippen MR) is 65.4 cm³/mol. The van der Waals surface area contributed by atoms with Crippen LogP contribution in [0.15, 0.2) is 24.5 Å². The van der Waals surface area contributed by atoms with Crippen LogP contribution >= 0.6 is 0 Å². The summed E-state index contributed by atoms with van der Waals surface area (Å²) in [4.78, 5) is 26.8. The van der Waals surface area contributed by atoms with E-state index >= 15 is 0 Å². The van der Waals surface area contributed by atoms with Gasteiger partial charge in [-0.1, -0.05) is 0 Å². The van der Waals surface area contributed by atoms with Crippen molar-refractivity contribution in [1.29, 1.82) is 0 Å². The van der Waals surface area contributed by atoms with E-state index in [9.17, 15) is 9.59 Å². The van der Waals surface area contributed by atoms with Gasteiger partial charge in [0, 0.05) is 18.9 Å². The van der Waals surface area contributed by atoms with Gasteiger partial charge in [0.2, 0.25) is 0 Å². The number of hydrogen-bond donors (Lipinski definition) is 3. The molecule has 1 aromatic heterocycles. The fraction of sp³-hybridized carbons (Fsp3) is 0.417. The first-order valence-electron chi connectivity index (χ1n) is 5.55. The minimum atomic E-state index is -0.814. The van der Waals surface area contributed by atoms with Crippen molar-refractivity contribution in [2.24, 2.45) is 0 Å². The van der Waals surface area contributed by atoms with Crippen LogP contribution in [0.3, 0.4) is 0 Å². The van der Waals surface area contributed by atoms with E-state index in [0.717, 1.165) is 5.56 Å². The van der Waals surface area contributed by atoms with Crippen LogP contribution in [0.2, 0.25) is 0 Å². The molecule has 3 N–H and O–H groups in total. The summed E-state index contributed by atoms with van der Waals surface area (Å²) in [6.07, 6.45) is 3.22. The van der Waals surface area contributed by atoms with Gasteiger partial charge in [0.25, 0.3) is 0 Å². The van der Waals surface area contributed by atoms with Gasteiger partial charge in [0.15, 0.2) is 0 Å². The second-order valence-electron chi connectivity index (χ2n) is 4.53. The van der Waals surface area contributed by atoms with Gasteiger partial charge in [0.1, 0.15) is 0 Å². The Labute approximate surface area is 105 Å². The minimum Gasteiger partial charge on any atom is -0.394 e.